The van der Waals surface area contributed by atoms with Crippen molar-refractivity contribution in [1.82, 2.24) is 4.90 Å². The van der Waals surface area contributed by atoms with Gasteiger partial charge in [0.1, 0.15) is 0 Å². The van der Waals surface area contributed by atoms with E-state index in [0.717, 1.165) is 18.8 Å². The number of para-hydroxylation sites is 1. The molecule has 2 atom stereocenters. The summed E-state index contributed by atoms with van der Waals surface area (Å²) in [4.78, 5) is 16.1. The number of carbonyl (C=O) groups is 1. The highest BCUT2D eigenvalue weighted by Gasteiger charge is 2.28. The molecule has 0 bridgehead atoms. The first-order valence-electron chi connectivity index (χ1n) is 6.36. The van der Waals surface area contributed by atoms with E-state index in [1.165, 1.54) is 0 Å². The van der Waals surface area contributed by atoms with Crippen LogP contribution in [0.1, 0.15) is 24.2 Å². The van der Waals surface area contributed by atoms with Crippen molar-refractivity contribution < 1.29 is 4.79 Å². The number of nitrogens with two attached hydrogens (primary N) is 1. The van der Waals surface area contributed by atoms with Crippen molar-refractivity contribution in [2.75, 3.05) is 25.0 Å². The topological polar surface area (TPSA) is 49.6 Å². The number of nitrogens with zero attached hydrogens (tertiary/aromatic N) is 2. The molecular weight excluding hydrogens is 226 g/mol. The first-order chi connectivity index (χ1) is 8.50. The molecule has 98 valence electrons. The molecule has 1 amide bonds. The molecule has 1 aromatic rings. The van der Waals surface area contributed by atoms with Gasteiger partial charge in [0.25, 0.3) is 5.91 Å². The number of likely N-dealkylation sites (N-methyl/N-ethyl adjacent to an activating group) is 1. The molecule has 1 saturated heterocycles. The Balaban J connectivity index is 2.30. The molecular formula is C14H21N3O. The van der Waals surface area contributed by atoms with Crippen LogP contribution in [0.2, 0.25) is 0 Å². The van der Waals surface area contributed by atoms with Gasteiger partial charge in [0.15, 0.2) is 0 Å². The lowest BCUT2D eigenvalue weighted by Crippen LogP contribution is -2.55. The van der Waals surface area contributed by atoms with Gasteiger partial charge in [0, 0.05) is 30.9 Å². The molecule has 2 N–H and O–H groups in total. The van der Waals surface area contributed by atoms with E-state index in [2.05, 4.69) is 30.7 Å². The van der Waals surface area contributed by atoms with Gasteiger partial charge in [-0.15, -0.1) is 0 Å². The number of hydrogen-bond acceptors (Lipinski definition) is 3. The van der Waals surface area contributed by atoms with E-state index in [4.69, 9.17) is 5.73 Å². The highest BCUT2D eigenvalue weighted by Crippen LogP contribution is 2.24. The summed E-state index contributed by atoms with van der Waals surface area (Å²) in [5, 5.41) is 0. The van der Waals surface area contributed by atoms with Gasteiger partial charge in [0.05, 0.1) is 5.56 Å². The molecule has 1 aromatic carbocycles. The van der Waals surface area contributed by atoms with Crippen LogP contribution in [0.5, 0.6) is 0 Å². The summed E-state index contributed by atoms with van der Waals surface area (Å²) < 4.78 is 0. The fraction of sp³-hybridized carbons (Fsp3) is 0.500. The van der Waals surface area contributed by atoms with Crippen molar-refractivity contribution in [3.8, 4) is 0 Å². The van der Waals surface area contributed by atoms with E-state index >= 15 is 0 Å². The number of benzene rings is 1. The van der Waals surface area contributed by atoms with Gasteiger partial charge in [-0.1, -0.05) is 12.1 Å². The van der Waals surface area contributed by atoms with Crippen LogP contribution in [-0.4, -0.2) is 43.0 Å². The second-order valence-electron chi connectivity index (χ2n) is 5.15. The quantitative estimate of drug-likeness (QED) is 0.857. The number of hydrogen-bond donors (Lipinski definition) is 1. The molecule has 1 fully saturated rings. The fourth-order valence-corrected chi connectivity index (χ4v) is 2.56. The molecule has 0 aliphatic carbocycles. The molecule has 1 aliphatic heterocycles. The van der Waals surface area contributed by atoms with Crippen LogP contribution < -0.4 is 10.6 Å². The monoisotopic (exact) mass is 247 g/mol. The van der Waals surface area contributed by atoms with Crippen molar-refractivity contribution in [1.29, 1.82) is 0 Å². The second-order valence-corrected chi connectivity index (χ2v) is 5.15. The molecule has 4 nitrogen and oxygen atoms in total. The fourth-order valence-electron chi connectivity index (χ4n) is 2.56. The zero-order valence-electron chi connectivity index (χ0n) is 11.3. The van der Waals surface area contributed by atoms with Crippen LogP contribution in [-0.2, 0) is 0 Å². The van der Waals surface area contributed by atoms with E-state index in [1.54, 1.807) is 6.07 Å². The Morgan fingerprint density at radius 3 is 2.33 bits per heavy atom. The number of anilines is 1. The van der Waals surface area contributed by atoms with Crippen molar-refractivity contribution in [2.24, 2.45) is 5.73 Å². The molecule has 2 rings (SSSR count). The van der Waals surface area contributed by atoms with E-state index in [0.29, 0.717) is 17.6 Å². The van der Waals surface area contributed by atoms with Crippen LogP contribution >= 0.6 is 0 Å². The lowest BCUT2D eigenvalue weighted by Gasteiger charge is -2.43. The van der Waals surface area contributed by atoms with Crippen LogP contribution in [0, 0.1) is 0 Å². The predicted molar refractivity (Wildman–Crippen MR) is 73.9 cm³/mol. The van der Waals surface area contributed by atoms with Gasteiger partial charge >= 0.3 is 0 Å². The Morgan fingerprint density at radius 1 is 1.22 bits per heavy atom. The third kappa shape index (κ3) is 2.34. The van der Waals surface area contributed by atoms with Crippen molar-refractivity contribution >= 4 is 11.6 Å². The molecule has 0 spiro atoms. The third-order valence-electron chi connectivity index (χ3n) is 3.87. The zero-order valence-corrected chi connectivity index (χ0v) is 11.3. The number of carbonyl (C=O) groups excluding carboxylic acids is 1. The molecule has 4 heteroatoms. The second kappa shape index (κ2) is 4.98. The maximum atomic E-state index is 11.5. The van der Waals surface area contributed by atoms with Crippen LogP contribution in [0.15, 0.2) is 24.3 Å². The van der Waals surface area contributed by atoms with Crippen molar-refractivity contribution in [3.63, 3.8) is 0 Å². The van der Waals surface area contributed by atoms with Gasteiger partial charge in [-0.05, 0) is 33.0 Å². The smallest absolute Gasteiger partial charge is 0.250 e. The average Bonchev–Trinajstić information content (AvgIpc) is 2.35. The highest BCUT2D eigenvalue weighted by atomic mass is 16.1. The van der Waals surface area contributed by atoms with Gasteiger partial charge in [-0.3, -0.25) is 9.69 Å². The minimum Gasteiger partial charge on any atom is -0.368 e. The highest BCUT2D eigenvalue weighted by molar-refractivity contribution is 5.98. The molecule has 0 saturated carbocycles. The van der Waals surface area contributed by atoms with Crippen LogP contribution in [0.3, 0.4) is 0 Å². The van der Waals surface area contributed by atoms with Gasteiger partial charge in [-0.2, -0.15) is 0 Å². The molecule has 0 radical (unpaired) electrons. The van der Waals surface area contributed by atoms with E-state index < -0.39 is 0 Å². The largest absolute Gasteiger partial charge is 0.368 e. The molecule has 0 aromatic heterocycles. The van der Waals surface area contributed by atoms with Crippen molar-refractivity contribution in [3.05, 3.63) is 29.8 Å². The lowest BCUT2D eigenvalue weighted by atomic mass is 10.1. The van der Waals surface area contributed by atoms with Gasteiger partial charge in [-0.25, -0.2) is 0 Å². The minimum atomic E-state index is -0.357. The van der Waals surface area contributed by atoms with Gasteiger partial charge < -0.3 is 10.6 Å². The summed E-state index contributed by atoms with van der Waals surface area (Å²) in [5.74, 6) is -0.357. The number of primary amides is 1. The maximum absolute atomic E-state index is 11.5. The SMILES string of the molecule is C[C@@H]1CN(c2ccccc2C(N)=O)C[C@H](C)N1C. The molecule has 1 heterocycles. The first kappa shape index (κ1) is 12.9. The van der Waals surface area contributed by atoms with Crippen molar-refractivity contribution in [2.45, 2.75) is 25.9 Å². The Kier molecular flexibility index (Phi) is 3.57. The van der Waals surface area contributed by atoms with E-state index in [1.807, 2.05) is 18.2 Å². The molecule has 18 heavy (non-hydrogen) atoms. The van der Waals surface area contributed by atoms with Crippen LogP contribution in [0.25, 0.3) is 0 Å². The standard InChI is InChI=1S/C14H21N3O/c1-10-8-17(9-11(2)16(10)3)13-7-5-4-6-12(13)14(15)18/h4-7,10-11H,8-9H2,1-3H3,(H2,15,18)/t10-,11+. The number of piperazine rings is 1. The average molecular weight is 247 g/mol. The van der Waals surface area contributed by atoms with Crippen LogP contribution in [0.4, 0.5) is 5.69 Å². The zero-order chi connectivity index (χ0) is 13.3. The summed E-state index contributed by atoms with van der Waals surface area (Å²) in [5.41, 5.74) is 7.01. The van der Waals surface area contributed by atoms with E-state index in [-0.39, 0.29) is 5.91 Å². The number of rotatable bonds is 2. The van der Waals surface area contributed by atoms with E-state index in [9.17, 15) is 4.79 Å². The Bertz CT molecular complexity index is 434. The Labute approximate surface area is 108 Å². The predicted octanol–water partition coefficient (Wildman–Crippen LogP) is 1.31. The maximum Gasteiger partial charge on any atom is 0.250 e. The Morgan fingerprint density at radius 2 is 1.78 bits per heavy atom. The first-order valence-corrected chi connectivity index (χ1v) is 6.36. The lowest BCUT2D eigenvalue weighted by molar-refractivity contribution is 0.1000. The molecule has 1 aliphatic rings. The van der Waals surface area contributed by atoms with Gasteiger partial charge in [0.2, 0.25) is 0 Å². The minimum absolute atomic E-state index is 0.357. The normalized spacial score (nSPS) is 25.2. The summed E-state index contributed by atoms with van der Waals surface area (Å²) in [6.45, 7) is 6.25. The molecule has 0 unspecified atom stereocenters. The summed E-state index contributed by atoms with van der Waals surface area (Å²) in [6, 6.07) is 8.52. The summed E-state index contributed by atoms with van der Waals surface area (Å²) in [6.07, 6.45) is 0. The summed E-state index contributed by atoms with van der Waals surface area (Å²) >= 11 is 0. The Hall–Kier alpha value is -1.55. The summed E-state index contributed by atoms with van der Waals surface area (Å²) in [7, 11) is 2.15. The number of amides is 1. The third-order valence-corrected chi connectivity index (χ3v) is 3.87.